The van der Waals surface area contributed by atoms with Gasteiger partial charge >= 0.3 is 0 Å². The molecule has 0 amide bonds. The van der Waals surface area contributed by atoms with Crippen LogP contribution in [0, 0.1) is 0 Å². The lowest BCUT2D eigenvalue weighted by atomic mass is 9.81. The number of H-pyrrole nitrogens is 1. The number of piperidine rings is 1. The van der Waals surface area contributed by atoms with Crippen molar-refractivity contribution in [3.05, 3.63) is 36.0 Å². The van der Waals surface area contributed by atoms with Gasteiger partial charge < -0.3 is 9.64 Å². The maximum absolute atomic E-state index is 6.45. The summed E-state index contributed by atoms with van der Waals surface area (Å²) in [6.07, 6.45) is 4.01. The van der Waals surface area contributed by atoms with Crippen molar-refractivity contribution in [3.63, 3.8) is 0 Å². The fourth-order valence-electron chi connectivity index (χ4n) is 3.47. The van der Waals surface area contributed by atoms with Crippen molar-refractivity contribution in [2.45, 2.75) is 25.4 Å². The molecule has 4 rings (SSSR count). The minimum absolute atomic E-state index is 0.192. The Hall–Kier alpha value is -1.81. The summed E-state index contributed by atoms with van der Waals surface area (Å²) in [7, 11) is 0. The topological polar surface area (TPSA) is 41.1 Å². The number of nitrogens with zero attached hydrogens (tertiary/aromatic N) is 2. The zero-order valence-corrected chi connectivity index (χ0v) is 11.7. The fraction of sp³-hybridized carbons (Fsp3) is 0.438. The van der Waals surface area contributed by atoms with Crippen LogP contribution in [0.2, 0.25) is 0 Å². The number of aromatic nitrogens is 2. The van der Waals surface area contributed by atoms with Gasteiger partial charge in [0.2, 0.25) is 0 Å². The number of benzene rings is 1. The van der Waals surface area contributed by atoms with Crippen LogP contribution < -0.4 is 4.74 Å². The second-order valence-corrected chi connectivity index (χ2v) is 5.69. The van der Waals surface area contributed by atoms with E-state index in [2.05, 4.69) is 34.2 Å². The largest absolute Gasteiger partial charge is 0.482 e. The van der Waals surface area contributed by atoms with Crippen molar-refractivity contribution in [2.24, 2.45) is 0 Å². The Morgan fingerprint density at radius 1 is 1.30 bits per heavy atom. The van der Waals surface area contributed by atoms with Crippen LogP contribution in [0.1, 0.15) is 25.3 Å². The zero-order chi connectivity index (χ0) is 13.6. The van der Waals surface area contributed by atoms with E-state index in [1.807, 2.05) is 18.3 Å². The number of fused-ring (bicyclic) bond motifs is 4. The van der Waals surface area contributed by atoms with Crippen LogP contribution in [0.15, 0.2) is 30.5 Å². The molecule has 0 aliphatic carbocycles. The fourth-order valence-corrected chi connectivity index (χ4v) is 3.47. The summed E-state index contributed by atoms with van der Waals surface area (Å²) < 4.78 is 6.45. The molecule has 2 aliphatic rings. The first-order chi connectivity index (χ1) is 9.82. The predicted molar refractivity (Wildman–Crippen MR) is 77.7 cm³/mol. The van der Waals surface area contributed by atoms with Gasteiger partial charge in [0.1, 0.15) is 11.4 Å². The third kappa shape index (κ3) is 1.61. The summed E-state index contributed by atoms with van der Waals surface area (Å²) in [6, 6.07) is 8.24. The van der Waals surface area contributed by atoms with Gasteiger partial charge in [-0.1, -0.05) is 19.1 Å². The Morgan fingerprint density at radius 2 is 2.10 bits per heavy atom. The standard InChI is InChI=1S/C16H19N3O/c1-2-19-9-7-16(8-10-19)13-11-17-18-15(13)12-5-3-4-6-14(12)20-16/h3-6,11H,2,7-10H2,1H3,(H,17,18). The van der Waals surface area contributed by atoms with Crippen molar-refractivity contribution >= 4 is 0 Å². The van der Waals surface area contributed by atoms with Crippen LogP contribution in [0.25, 0.3) is 11.3 Å². The molecular weight excluding hydrogens is 250 g/mol. The molecule has 1 saturated heterocycles. The Kier molecular flexibility index (Phi) is 2.60. The monoisotopic (exact) mass is 269 g/mol. The highest BCUT2D eigenvalue weighted by Gasteiger charge is 2.44. The SMILES string of the molecule is CCN1CCC2(CC1)Oc1ccccc1-c1[nH]ncc12. The van der Waals surface area contributed by atoms with Crippen molar-refractivity contribution < 1.29 is 4.74 Å². The Morgan fingerprint density at radius 3 is 2.90 bits per heavy atom. The van der Waals surface area contributed by atoms with E-state index in [0.717, 1.165) is 49.5 Å². The average Bonchev–Trinajstić information content (AvgIpc) is 2.99. The molecule has 1 N–H and O–H groups in total. The summed E-state index contributed by atoms with van der Waals surface area (Å²) in [4.78, 5) is 2.48. The molecule has 0 atom stereocenters. The molecule has 4 heteroatoms. The van der Waals surface area contributed by atoms with Crippen LogP contribution in [-0.4, -0.2) is 34.7 Å². The van der Waals surface area contributed by atoms with Gasteiger partial charge in [0.15, 0.2) is 0 Å². The number of para-hydroxylation sites is 1. The summed E-state index contributed by atoms with van der Waals surface area (Å²) in [5.74, 6) is 0.981. The molecule has 104 valence electrons. The maximum Gasteiger partial charge on any atom is 0.140 e. The van der Waals surface area contributed by atoms with Gasteiger partial charge in [-0.2, -0.15) is 5.10 Å². The van der Waals surface area contributed by atoms with Gasteiger partial charge in [-0.15, -0.1) is 0 Å². The molecule has 20 heavy (non-hydrogen) atoms. The van der Waals surface area contributed by atoms with Gasteiger partial charge in [-0.25, -0.2) is 0 Å². The predicted octanol–water partition coefficient (Wildman–Crippen LogP) is 2.78. The van der Waals surface area contributed by atoms with Gasteiger partial charge in [0.05, 0.1) is 11.9 Å². The number of hydrogen-bond acceptors (Lipinski definition) is 3. The molecule has 0 bridgehead atoms. The highest BCUT2D eigenvalue weighted by Crippen LogP contribution is 2.48. The van der Waals surface area contributed by atoms with Crippen molar-refractivity contribution in [2.75, 3.05) is 19.6 Å². The van der Waals surface area contributed by atoms with Crippen LogP contribution in [0.4, 0.5) is 0 Å². The first-order valence-electron chi connectivity index (χ1n) is 7.37. The third-order valence-electron chi connectivity index (χ3n) is 4.70. The van der Waals surface area contributed by atoms with Crippen molar-refractivity contribution in [3.8, 4) is 17.0 Å². The first kappa shape index (κ1) is 12.0. The Bertz CT molecular complexity index is 626. The number of rotatable bonds is 1. The molecule has 1 fully saturated rings. The number of nitrogens with one attached hydrogen (secondary N) is 1. The normalized spacial score (nSPS) is 20.2. The number of ether oxygens (including phenoxy) is 1. The summed E-state index contributed by atoms with van der Waals surface area (Å²) in [6.45, 7) is 5.51. The second-order valence-electron chi connectivity index (χ2n) is 5.69. The zero-order valence-electron chi connectivity index (χ0n) is 11.7. The maximum atomic E-state index is 6.45. The van der Waals surface area contributed by atoms with Gasteiger partial charge in [0.25, 0.3) is 0 Å². The molecule has 0 radical (unpaired) electrons. The first-order valence-corrected chi connectivity index (χ1v) is 7.37. The number of likely N-dealkylation sites (tertiary alicyclic amines) is 1. The van der Waals surface area contributed by atoms with E-state index in [1.54, 1.807) is 0 Å². The van der Waals surface area contributed by atoms with Crippen LogP contribution in [0.5, 0.6) is 5.75 Å². The molecular formula is C16H19N3O. The van der Waals surface area contributed by atoms with E-state index in [-0.39, 0.29) is 5.60 Å². The molecule has 2 aliphatic heterocycles. The van der Waals surface area contributed by atoms with Crippen LogP contribution >= 0.6 is 0 Å². The number of aromatic amines is 1. The molecule has 0 unspecified atom stereocenters. The van der Waals surface area contributed by atoms with Crippen molar-refractivity contribution in [1.29, 1.82) is 0 Å². The lowest BCUT2D eigenvalue weighted by Crippen LogP contribution is -2.47. The highest BCUT2D eigenvalue weighted by molar-refractivity contribution is 5.73. The summed E-state index contributed by atoms with van der Waals surface area (Å²) >= 11 is 0. The summed E-state index contributed by atoms with van der Waals surface area (Å²) in [5.41, 5.74) is 3.30. The second kappa shape index (κ2) is 4.35. The van der Waals surface area contributed by atoms with E-state index >= 15 is 0 Å². The molecule has 0 saturated carbocycles. The van der Waals surface area contributed by atoms with Crippen LogP contribution in [0.3, 0.4) is 0 Å². The van der Waals surface area contributed by atoms with E-state index < -0.39 is 0 Å². The molecule has 2 aromatic rings. The minimum Gasteiger partial charge on any atom is -0.482 e. The van der Waals surface area contributed by atoms with E-state index in [1.165, 1.54) is 5.56 Å². The van der Waals surface area contributed by atoms with Gasteiger partial charge in [-0.3, -0.25) is 5.10 Å². The lowest BCUT2D eigenvalue weighted by molar-refractivity contribution is -0.00332. The third-order valence-corrected chi connectivity index (χ3v) is 4.70. The number of hydrogen-bond donors (Lipinski definition) is 1. The van der Waals surface area contributed by atoms with Gasteiger partial charge in [0, 0.05) is 37.1 Å². The van der Waals surface area contributed by atoms with Gasteiger partial charge in [-0.05, 0) is 18.7 Å². The molecule has 3 heterocycles. The Balaban J connectivity index is 1.78. The Labute approximate surface area is 118 Å². The molecule has 1 aromatic carbocycles. The van der Waals surface area contributed by atoms with E-state index in [9.17, 15) is 0 Å². The molecule has 1 aromatic heterocycles. The average molecular weight is 269 g/mol. The molecule has 1 spiro atoms. The minimum atomic E-state index is -0.192. The quantitative estimate of drug-likeness (QED) is 0.865. The van der Waals surface area contributed by atoms with E-state index in [0.29, 0.717) is 0 Å². The van der Waals surface area contributed by atoms with Crippen LogP contribution in [-0.2, 0) is 5.60 Å². The molecule has 4 nitrogen and oxygen atoms in total. The highest BCUT2D eigenvalue weighted by atomic mass is 16.5. The summed E-state index contributed by atoms with van der Waals surface area (Å²) in [5, 5.41) is 7.44. The lowest BCUT2D eigenvalue weighted by Gasteiger charge is -2.44. The van der Waals surface area contributed by atoms with E-state index in [4.69, 9.17) is 4.74 Å². The van der Waals surface area contributed by atoms with Crippen molar-refractivity contribution in [1.82, 2.24) is 15.1 Å². The smallest absolute Gasteiger partial charge is 0.140 e.